The average molecular weight is 655 g/mol. The van der Waals surface area contributed by atoms with E-state index in [2.05, 4.69) is 10.7 Å². The number of ketones is 1. The molecule has 0 spiro atoms. The number of hydrazine groups is 1. The van der Waals surface area contributed by atoms with E-state index in [0.717, 1.165) is 32.5 Å². The van der Waals surface area contributed by atoms with E-state index in [1.807, 2.05) is 91.0 Å². The molecule has 1 atom stereocenters. The minimum atomic E-state index is -1.13. The van der Waals surface area contributed by atoms with Crippen LogP contribution in [0.25, 0.3) is 10.8 Å². The second-order valence-electron chi connectivity index (χ2n) is 11.2. The molecule has 0 bridgehead atoms. The van der Waals surface area contributed by atoms with E-state index in [0.29, 0.717) is 19.3 Å². The predicted molar refractivity (Wildman–Crippen MR) is 178 cm³/mol. The molecule has 0 aromatic heterocycles. The molecule has 0 aliphatic rings. The van der Waals surface area contributed by atoms with Crippen LogP contribution >= 0.6 is 0 Å². The number of nitrogens with one attached hydrogen (secondary N) is 2. The van der Waals surface area contributed by atoms with E-state index in [9.17, 15) is 29.3 Å². The Morgan fingerprint density at radius 2 is 1.35 bits per heavy atom. The van der Waals surface area contributed by atoms with E-state index in [1.165, 1.54) is 0 Å². The van der Waals surface area contributed by atoms with E-state index in [-0.39, 0.29) is 32.6 Å². The highest BCUT2D eigenvalue weighted by molar-refractivity contribution is 5.88. The molecule has 0 radical (unpaired) electrons. The summed E-state index contributed by atoms with van der Waals surface area (Å²) < 4.78 is 10.9. The van der Waals surface area contributed by atoms with Crippen molar-refractivity contribution >= 4 is 34.6 Å². The summed E-state index contributed by atoms with van der Waals surface area (Å²) in [6, 6.07) is 30.5. The lowest BCUT2D eigenvalue weighted by Gasteiger charge is -2.26. The van der Waals surface area contributed by atoms with Crippen molar-refractivity contribution in [2.24, 2.45) is 0 Å². The number of alkyl carbamates (subject to hydrolysis) is 1. The van der Waals surface area contributed by atoms with Crippen LogP contribution in [0.4, 0.5) is 9.59 Å². The van der Waals surface area contributed by atoms with Crippen molar-refractivity contribution in [2.75, 3.05) is 13.1 Å². The van der Waals surface area contributed by atoms with Gasteiger partial charge in [0.05, 0.1) is 0 Å². The molecule has 0 saturated heterocycles. The highest BCUT2D eigenvalue weighted by Crippen LogP contribution is 2.17. The third-order valence-corrected chi connectivity index (χ3v) is 7.39. The Morgan fingerprint density at radius 1 is 0.729 bits per heavy atom. The van der Waals surface area contributed by atoms with Crippen LogP contribution in [-0.4, -0.2) is 52.9 Å². The Balaban J connectivity index is 1.46. The zero-order chi connectivity index (χ0) is 34.1. The Kier molecular flexibility index (Phi) is 13.4. The molecule has 0 aliphatic heterocycles. The predicted octanol–water partition coefficient (Wildman–Crippen LogP) is 5.75. The van der Waals surface area contributed by atoms with E-state index in [4.69, 9.17) is 9.47 Å². The van der Waals surface area contributed by atoms with Gasteiger partial charge >= 0.3 is 12.2 Å². The quantitative estimate of drug-likeness (QED) is 0.0878. The van der Waals surface area contributed by atoms with Crippen LogP contribution in [0.15, 0.2) is 103 Å². The largest absolute Gasteiger partial charge is 0.445 e. The molecule has 4 rings (SSSR count). The average Bonchev–Trinajstić information content (AvgIpc) is 3.09. The number of Topliss-reactive ketones (excluding diaryl/α,β-unsaturated/α-hetero) is 1. The summed E-state index contributed by atoms with van der Waals surface area (Å²) in [6.45, 7) is -0.734. The standard InChI is InChI=1S/C36H38N4O8/c41-32(24-40(45)46)18-8-3-11-21-39(36(44)48-26-28-14-6-2-7-15-28)38-34(42)33(37-35(43)47-25-27-12-4-1-5-13-27)23-29-19-20-30-16-9-10-17-31(30)22-29/h1-2,4-7,9-10,12-17,19-20,22,33H,3,8,11,18,21,23-26H2,(H,37,43)(H,38,42)/t33-/m0/s1. The molecular weight excluding hydrogens is 616 g/mol. The maximum Gasteiger partial charge on any atom is 0.429 e. The van der Waals surface area contributed by atoms with E-state index in [1.54, 1.807) is 12.1 Å². The molecule has 0 aliphatic carbocycles. The fourth-order valence-electron chi connectivity index (χ4n) is 4.91. The highest BCUT2D eigenvalue weighted by atomic mass is 16.6. The topological polar surface area (TPSA) is 157 Å². The molecule has 3 amide bonds. The highest BCUT2D eigenvalue weighted by Gasteiger charge is 2.26. The number of hydrogen-bond donors (Lipinski definition) is 2. The molecule has 4 aromatic carbocycles. The Labute approximate surface area is 278 Å². The molecular formula is C36H38N4O8. The normalized spacial score (nSPS) is 11.2. The molecule has 250 valence electrons. The van der Waals surface area contributed by atoms with Gasteiger partial charge in [-0.1, -0.05) is 110 Å². The number of rotatable bonds is 16. The fourth-order valence-corrected chi connectivity index (χ4v) is 4.91. The Hall–Kier alpha value is -5.78. The van der Waals surface area contributed by atoms with Gasteiger partial charge in [-0.05, 0) is 40.3 Å². The number of nitrogens with zero attached hydrogens (tertiary/aromatic N) is 2. The number of carbonyl (C=O) groups is 4. The number of ether oxygens (including phenoxy) is 2. The van der Waals surface area contributed by atoms with Crippen molar-refractivity contribution in [1.29, 1.82) is 0 Å². The first-order chi connectivity index (χ1) is 23.3. The van der Waals surface area contributed by atoms with Gasteiger partial charge in [0.2, 0.25) is 5.78 Å². The molecule has 4 aromatic rings. The van der Waals surface area contributed by atoms with Gasteiger partial charge in [-0.3, -0.25) is 25.1 Å². The summed E-state index contributed by atoms with van der Waals surface area (Å²) in [7, 11) is 0. The molecule has 0 fully saturated rings. The zero-order valence-corrected chi connectivity index (χ0v) is 26.4. The van der Waals surface area contributed by atoms with Crippen molar-refractivity contribution < 1.29 is 33.6 Å². The maximum atomic E-state index is 13.8. The molecule has 2 N–H and O–H groups in total. The summed E-state index contributed by atoms with van der Waals surface area (Å²) in [5.74, 6) is -1.15. The van der Waals surface area contributed by atoms with E-state index < -0.39 is 41.4 Å². The van der Waals surface area contributed by atoms with Gasteiger partial charge in [-0.2, -0.15) is 0 Å². The van der Waals surface area contributed by atoms with Gasteiger partial charge in [-0.15, -0.1) is 0 Å². The molecule has 0 saturated carbocycles. The van der Waals surface area contributed by atoms with Crippen LogP contribution in [0.3, 0.4) is 0 Å². The van der Waals surface area contributed by atoms with Crippen molar-refractivity contribution in [3.63, 3.8) is 0 Å². The van der Waals surface area contributed by atoms with Crippen LogP contribution in [0.2, 0.25) is 0 Å². The summed E-state index contributed by atoms with van der Waals surface area (Å²) >= 11 is 0. The molecule has 0 unspecified atom stereocenters. The summed E-state index contributed by atoms with van der Waals surface area (Å²) in [5.41, 5.74) is 4.90. The lowest BCUT2D eigenvalue weighted by atomic mass is 10.0. The van der Waals surface area contributed by atoms with Crippen molar-refractivity contribution in [3.05, 3.63) is 130 Å². The number of carbonyl (C=O) groups excluding carboxylic acids is 4. The van der Waals surface area contributed by atoms with Gasteiger partial charge in [0.15, 0.2) is 0 Å². The zero-order valence-electron chi connectivity index (χ0n) is 26.4. The van der Waals surface area contributed by atoms with Crippen molar-refractivity contribution in [1.82, 2.24) is 15.8 Å². The van der Waals surface area contributed by atoms with Gasteiger partial charge in [-0.25, -0.2) is 14.6 Å². The smallest absolute Gasteiger partial charge is 0.429 e. The van der Waals surface area contributed by atoms with Gasteiger partial charge in [0.25, 0.3) is 12.5 Å². The lowest BCUT2D eigenvalue weighted by Crippen LogP contribution is -2.55. The van der Waals surface area contributed by atoms with Gasteiger partial charge < -0.3 is 14.8 Å². The number of amides is 3. The molecule has 0 heterocycles. The third kappa shape index (κ3) is 11.9. The first-order valence-electron chi connectivity index (χ1n) is 15.6. The molecule has 12 heteroatoms. The lowest BCUT2D eigenvalue weighted by molar-refractivity contribution is -0.467. The van der Waals surface area contributed by atoms with Gasteiger partial charge in [0.1, 0.15) is 19.3 Å². The SMILES string of the molecule is O=C(CCCCCN(NC(=O)[C@H](Cc1ccc2ccccc2c1)NC(=O)OCc1ccccc1)C(=O)OCc1ccccc1)C[N+](=O)[O-]. The monoisotopic (exact) mass is 654 g/mol. The number of fused-ring (bicyclic) bond motifs is 1. The first-order valence-corrected chi connectivity index (χ1v) is 15.6. The maximum absolute atomic E-state index is 13.8. The fraction of sp³-hybridized carbons (Fsp3) is 0.278. The van der Waals surface area contributed by atoms with Crippen LogP contribution in [-0.2, 0) is 38.7 Å². The number of hydrogen-bond acceptors (Lipinski definition) is 8. The minimum absolute atomic E-state index is 0.000902. The van der Waals surface area contributed by atoms with Crippen LogP contribution < -0.4 is 10.7 Å². The number of benzene rings is 4. The second-order valence-corrected chi connectivity index (χ2v) is 11.2. The van der Waals surface area contributed by atoms with Crippen LogP contribution in [0, 0.1) is 10.1 Å². The Morgan fingerprint density at radius 3 is 2.02 bits per heavy atom. The van der Waals surface area contributed by atoms with Crippen LogP contribution in [0.5, 0.6) is 0 Å². The summed E-state index contributed by atoms with van der Waals surface area (Å²) in [5, 5.41) is 16.2. The Bertz CT molecular complexity index is 1680. The third-order valence-electron chi connectivity index (χ3n) is 7.39. The van der Waals surface area contributed by atoms with Gasteiger partial charge in [0, 0.05) is 24.3 Å². The molecule has 48 heavy (non-hydrogen) atoms. The second kappa shape index (κ2) is 18.4. The molecule has 12 nitrogen and oxygen atoms in total. The minimum Gasteiger partial charge on any atom is -0.445 e. The summed E-state index contributed by atoms with van der Waals surface area (Å²) in [6.07, 6.45) is -0.268. The number of unbranched alkanes of at least 4 members (excludes halogenated alkanes) is 2. The van der Waals surface area contributed by atoms with E-state index >= 15 is 0 Å². The first kappa shape index (κ1) is 35.1. The van der Waals surface area contributed by atoms with Crippen molar-refractivity contribution in [3.8, 4) is 0 Å². The number of nitro groups is 1. The summed E-state index contributed by atoms with van der Waals surface area (Å²) in [4.78, 5) is 61.5. The van der Waals surface area contributed by atoms with Crippen molar-refractivity contribution in [2.45, 2.75) is 51.4 Å². The van der Waals surface area contributed by atoms with Crippen LogP contribution in [0.1, 0.15) is 42.4 Å².